The Labute approximate surface area is 233 Å². The Kier molecular flexibility index (Phi) is 7.93. The molecule has 2 N–H and O–H groups in total. The number of aromatic nitrogens is 2. The Morgan fingerprint density at radius 3 is 2.65 bits per heavy atom. The zero-order chi connectivity index (χ0) is 28.1. The fourth-order valence-electron chi connectivity index (χ4n) is 4.35. The molecule has 0 radical (unpaired) electrons. The number of rotatable bonds is 10. The van der Waals surface area contributed by atoms with Gasteiger partial charge in [-0.2, -0.15) is 0 Å². The number of anilines is 2. The molecule has 0 atom stereocenters. The number of amides is 1. The summed E-state index contributed by atoms with van der Waals surface area (Å²) in [6.45, 7) is 7.28. The molecule has 40 heavy (non-hydrogen) atoms. The number of benzene rings is 3. The summed E-state index contributed by atoms with van der Waals surface area (Å²) in [5.74, 6) is 2.10. The van der Waals surface area contributed by atoms with Crippen LogP contribution in [-0.2, 0) is 16.1 Å². The first-order valence-corrected chi connectivity index (χ1v) is 13.2. The van der Waals surface area contributed by atoms with Crippen LogP contribution in [0.1, 0.15) is 31.9 Å². The quantitative estimate of drug-likeness (QED) is 0.264. The highest BCUT2D eigenvalue weighted by Crippen LogP contribution is 2.34. The molecule has 3 aromatic carbocycles. The molecule has 1 aliphatic heterocycles. The number of carbonyl (C=O) groups is 1. The highest BCUT2D eigenvalue weighted by Gasteiger charge is 2.18. The van der Waals surface area contributed by atoms with Crippen LogP contribution in [-0.4, -0.2) is 54.6 Å². The van der Waals surface area contributed by atoms with Gasteiger partial charge >= 0.3 is 0 Å². The molecule has 5 rings (SSSR count). The van der Waals surface area contributed by atoms with E-state index < -0.39 is 0 Å². The van der Waals surface area contributed by atoms with Crippen molar-refractivity contribution in [2.45, 2.75) is 32.9 Å². The number of hydrogen-bond acceptors (Lipinski definition) is 8. The third-order valence-corrected chi connectivity index (χ3v) is 6.13. The fourth-order valence-corrected chi connectivity index (χ4v) is 4.35. The van der Waals surface area contributed by atoms with Crippen LogP contribution in [0.5, 0.6) is 11.5 Å². The van der Waals surface area contributed by atoms with Gasteiger partial charge in [0.15, 0.2) is 12.4 Å². The van der Waals surface area contributed by atoms with Crippen LogP contribution < -0.4 is 20.1 Å². The van der Waals surface area contributed by atoms with E-state index >= 15 is 0 Å². The van der Waals surface area contributed by atoms with Crippen molar-refractivity contribution < 1.29 is 19.0 Å². The number of aliphatic imine (C=N–C) groups is 1. The molecule has 0 aliphatic carbocycles. The maximum Gasteiger partial charge on any atom is 0.258 e. The van der Waals surface area contributed by atoms with Gasteiger partial charge in [0.2, 0.25) is 0 Å². The van der Waals surface area contributed by atoms with Gasteiger partial charge in [0.1, 0.15) is 23.9 Å². The zero-order valence-electron chi connectivity index (χ0n) is 23.2. The van der Waals surface area contributed by atoms with E-state index in [9.17, 15) is 4.79 Å². The average molecular weight is 540 g/mol. The lowest BCUT2D eigenvalue weighted by molar-refractivity contribution is -0.124. The smallest absolute Gasteiger partial charge is 0.258 e. The summed E-state index contributed by atoms with van der Waals surface area (Å²) in [6, 6.07) is 19.3. The first-order valence-electron chi connectivity index (χ1n) is 13.2. The summed E-state index contributed by atoms with van der Waals surface area (Å²) in [6.07, 6.45) is 1.88. The summed E-state index contributed by atoms with van der Waals surface area (Å²) < 4.78 is 16.9. The second-order valence-corrected chi connectivity index (χ2v) is 10.5. The number of hydrogen-bond donors (Lipinski definition) is 2. The molecule has 9 nitrogen and oxygen atoms in total. The molecule has 2 heterocycles. The molecule has 0 fully saturated rings. The maximum atomic E-state index is 12.4. The number of fused-ring (bicyclic) bond motifs is 2. The number of nitrogens with zero attached hydrogens (tertiary/aromatic N) is 3. The first-order chi connectivity index (χ1) is 19.3. The number of methoxy groups -OCH3 is 1. The lowest BCUT2D eigenvalue weighted by atomic mass is 10.1. The van der Waals surface area contributed by atoms with Crippen LogP contribution in [0.25, 0.3) is 22.3 Å². The lowest BCUT2D eigenvalue weighted by Crippen LogP contribution is -2.43. The molecule has 0 saturated carbocycles. The van der Waals surface area contributed by atoms with Gasteiger partial charge in [-0.05, 0) is 74.4 Å². The van der Waals surface area contributed by atoms with Gasteiger partial charge in [0, 0.05) is 29.9 Å². The van der Waals surface area contributed by atoms with Crippen molar-refractivity contribution in [1.82, 2.24) is 15.3 Å². The van der Waals surface area contributed by atoms with E-state index in [-0.39, 0.29) is 18.1 Å². The standard InChI is InChI=1S/C31H33N5O4/c1-31(2,3)36-28(37)19-40-27-8-6-5-7-24(27)29-34-26-12-11-23(39-14-13-38-4)16-25(26)30(35-29)33-22-10-9-20-17-32-18-21(20)15-22/h5-12,15-16,18H,13-14,17,19H2,1-4H3,(H,36,37)(H,33,34,35). The van der Waals surface area contributed by atoms with E-state index in [1.165, 1.54) is 5.56 Å². The van der Waals surface area contributed by atoms with Gasteiger partial charge < -0.3 is 24.8 Å². The second-order valence-electron chi connectivity index (χ2n) is 10.5. The van der Waals surface area contributed by atoms with Crippen molar-refractivity contribution in [3.05, 3.63) is 71.8 Å². The van der Waals surface area contributed by atoms with Gasteiger partial charge in [-0.3, -0.25) is 9.79 Å². The summed E-state index contributed by atoms with van der Waals surface area (Å²) in [5, 5.41) is 7.20. The SMILES string of the molecule is COCCOc1ccc2nc(-c3ccccc3OCC(=O)NC(C)(C)C)nc(Nc3ccc4c(c3)C=NC4)c2c1. The maximum absolute atomic E-state index is 12.4. The average Bonchev–Trinajstić information content (AvgIpc) is 3.39. The Hall–Kier alpha value is -4.50. The van der Waals surface area contributed by atoms with Crippen LogP contribution >= 0.6 is 0 Å². The van der Waals surface area contributed by atoms with Crippen molar-refractivity contribution in [3.8, 4) is 22.9 Å². The number of carbonyl (C=O) groups excluding carboxylic acids is 1. The van der Waals surface area contributed by atoms with Crippen LogP contribution in [0.4, 0.5) is 11.5 Å². The number of ether oxygens (including phenoxy) is 3. The molecular formula is C31H33N5O4. The van der Waals surface area contributed by atoms with E-state index in [1.54, 1.807) is 7.11 Å². The predicted octanol–water partition coefficient (Wildman–Crippen LogP) is 5.29. The summed E-state index contributed by atoms with van der Waals surface area (Å²) in [5.41, 5.74) is 4.21. The summed E-state index contributed by atoms with van der Waals surface area (Å²) in [7, 11) is 1.64. The minimum absolute atomic E-state index is 0.119. The molecule has 0 spiro atoms. The summed E-state index contributed by atoms with van der Waals surface area (Å²) in [4.78, 5) is 26.6. The molecule has 0 bridgehead atoms. The monoisotopic (exact) mass is 539 g/mol. The highest BCUT2D eigenvalue weighted by atomic mass is 16.5. The first kappa shape index (κ1) is 27.1. The van der Waals surface area contributed by atoms with Crippen LogP contribution in [0.15, 0.2) is 65.7 Å². The van der Waals surface area contributed by atoms with Crippen LogP contribution in [0.3, 0.4) is 0 Å². The molecular weight excluding hydrogens is 506 g/mol. The molecule has 4 aromatic rings. The van der Waals surface area contributed by atoms with E-state index in [4.69, 9.17) is 24.2 Å². The molecule has 1 aromatic heterocycles. The molecule has 0 unspecified atom stereocenters. The highest BCUT2D eigenvalue weighted by molar-refractivity contribution is 5.94. The largest absolute Gasteiger partial charge is 0.491 e. The molecule has 0 saturated heterocycles. The Balaban J connectivity index is 1.51. The number of para-hydroxylation sites is 1. The van der Waals surface area contributed by atoms with Gasteiger partial charge in [-0.25, -0.2) is 9.97 Å². The minimum atomic E-state index is -0.350. The van der Waals surface area contributed by atoms with E-state index in [0.29, 0.717) is 48.5 Å². The van der Waals surface area contributed by atoms with Gasteiger partial charge in [0.25, 0.3) is 5.91 Å². The fraction of sp³-hybridized carbons (Fsp3) is 0.290. The van der Waals surface area contributed by atoms with Gasteiger partial charge in [-0.1, -0.05) is 18.2 Å². The normalized spacial score (nSPS) is 12.3. The Bertz CT molecular complexity index is 1560. The molecule has 1 amide bonds. The molecule has 1 aliphatic rings. The van der Waals surface area contributed by atoms with Crippen LogP contribution in [0.2, 0.25) is 0 Å². The van der Waals surface area contributed by atoms with Crippen molar-refractivity contribution in [3.63, 3.8) is 0 Å². The van der Waals surface area contributed by atoms with E-state index in [1.807, 2.05) is 75.5 Å². The third-order valence-electron chi connectivity index (χ3n) is 6.13. The Morgan fingerprint density at radius 2 is 1.82 bits per heavy atom. The Morgan fingerprint density at radius 1 is 0.975 bits per heavy atom. The van der Waals surface area contributed by atoms with Crippen LogP contribution in [0, 0.1) is 0 Å². The summed E-state index contributed by atoms with van der Waals surface area (Å²) >= 11 is 0. The van der Waals surface area contributed by atoms with Crippen molar-refractivity contribution >= 4 is 34.5 Å². The van der Waals surface area contributed by atoms with E-state index in [0.717, 1.165) is 22.2 Å². The predicted molar refractivity (Wildman–Crippen MR) is 157 cm³/mol. The second kappa shape index (κ2) is 11.7. The lowest BCUT2D eigenvalue weighted by Gasteiger charge is -2.20. The number of nitrogens with one attached hydrogen (secondary N) is 2. The zero-order valence-corrected chi connectivity index (χ0v) is 23.2. The van der Waals surface area contributed by atoms with Crippen molar-refractivity contribution in [1.29, 1.82) is 0 Å². The van der Waals surface area contributed by atoms with Gasteiger partial charge in [-0.15, -0.1) is 0 Å². The van der Waals surface area contributed by atoms with Crippen molar-refractivity contribution in [2.75, 3.05) is 32.2 Å². The molecule has 9 heteroatoms. The van der Waals surface area contributed by atoms with Crippen molar-refractivity contribution in [2.24, 2.45) is 4.99 Å². The minimum Gasteiger partial charge on any atom is -0.491 e. The topological polar surface area (TPSA) is 107 Å². The third kappa shape index (κ3) is 6.55. The van der Waals surface area contributed by atoms with Gasteiger partial charge in [0.05, 0.1) is 24.2 Å². The van der Waals surface area contributed by atoms with E-state index in [2.05, 4.69) is 27.8 Å². The molecule has 206 valence electrons.